The van der Waals surface area contributed by atoms with Gasteiger partial charge in [0, 0.05) is 6.42 Å². The van der Waals surface area contributed by atoms with Gasteiger partial charge in [0.25, 0.3) is 0 Å². The van der Waals surface area contributed by atoms with Crippen molar-refractivity contribution in [1.82, 2.24) is 5.32 Å². The van der Waals surface area contributed by atoms with E-state index in [1.165, 1.54) is 6.92 Å². The fraction of sp³-hybridized carbons (Fsp3) is 0.333. The molecule has 16 heavy (non-hydrogen) atoms. The van der Waals surface area contributed by atoms with Crippen LogP contribution in [0.15, 0.2) is 30.3 Å². The van der Waals surface area contributed by atoms with Crippen molar-refractivity contribution < 1.29 is 14.7 Å². The van der Waals surface area contributed by atoms with Crippen molar-refractivity contribution >= 4 is 12.2 Å². The van der Waals surface area contributed by atoms with Crippen molar-refractivity contribution in [2.75, 3.05) is 0 Å². The summed E-state index contributed by atoms with van der Waals surface area (Å²) in [4.78, 5) is 21.6. The van der Waals surface area contributed by atoms with E-state index in [1.807, 2.05) is 30.3 Å². The first-order valence-electron chi connectivity index (χ1n) is 5.03. The lowest BCUT2D eigenvalue weighted by atomic mass is 10.1. The minimum Gasteiger partial charge on any atom is -0.383 e. The van der Waals surface area contributed by atoms with Crippen molar-refractivity contribution in [3.63, 3.8) is 0 Å². The van der Waals surface area contributed by atoms with Gasteiger partial charge in [-0.3, -0.25) is 9.59 Å². The zero-order chi connectivity index (χ0) is 12.0. The zero-order valence-corrected chi connectivity index (χ0v) is 9.01. The number of hydrogen-bond acceptors (Lipinski definition) is 3. The van der Waals surface area contributed by atoms with E-state index in [-0.39, 0.29) is 6.42 Å². The molecular weight excluding hydrogens is 206 g/mol. The minimum atomic E-state index is -1.14. The van der Waals surface area contributed by atoms with Crippen LogP contribution < -0.4 is 5.32 Å². The summed E-state index contributed by atoms with van der Waals surface area (Å²) >= 11 is 0. The maximum atomic E-state index is 11.4. The first-order chi connectivity index (χ1) is 7.63. The van der Waals surface area contributed by atoms with Crippen LogP contribution in [0.3, 0.4) is 0 Å². The van der Waals surface area contributed by atoms with Gasteiger partial charge in [-0.2, -0.15) is 0 Å². The highest BCUT2D eigenvalue weighted by Crippen LogP contribution is 2.03. The first kappa shape index (κ1) is 12.4. The molecule has 2 atom stereocenters. The predicted molar refractivity (Wildman–Crippen MR) is 59.5 cm³/mol. The second kappa shape index (κ2) is 6.02. The number of nitrogens with one attached hydrogen (secondary N) is 1. The standard InChI is InChI=1S/C12H14NO3/c1-9(8-14)13-12(16)11(15)7-10-5-3-2-4-6-10/h2-6,9,11,15H,7H2,1H3,(H,13,16)/t9-,11?/m0/s1. The van der Waals surface area contributed by atoms with E-state index in [2.05, 4.69) is 5.32 Å². The monoisotopic (exact) mass is 220 g/mol. The molecule has 0 spiro atoms. The summed E-state index contributed by atoms with van der Waals surface area (Å²) < 4.78 is 0. The molecule has 1 unspecified atom stereocenters. The molecule has 0 heterocycles. The van der Waals surface area contributed by atoms with E-state index in [0.29, 0.717) is 0 Å². The molecule has 4 nitrogen and oxygen atoms in total. The molecule has 0 aliphatic heterocycles. The third-order valence-electron chi connectivity index (χ3n) is 2.11. The van der Waals surface area contributed by atoms with Gasteiger partial charge in [0.05, 0.1) is 6.04 Å². The number of aliphatic hydroxyl groups is 1. The number of carbonyl (C=O) groups is 1. The van der Waals surface area contributed by atoms with Gasteiger partial charge < -0.3 is 10.4 Å². The van der Waals surface area contributed by atoms with Gasteiger partial charge in [0.1, 0.15) is 6.10 Å². The maximum absolute atomic E-state index is 11.4. The maximum Gasteiger partial charge on any atom is 0.249 e. The Morgan fingerprint density at radius 2 is 2.06 bits per heavy atom. The molecule has 1 aromatic rings. The van der Waals surface area contributed by atoms with Gasteiger partial charge in [0.2, 0.25) is 12.2 Å². The van der Waals surface area contributed by atoms with E-state index in [4.69, 9.17) is 0 Å². The van der Waals surface area contributed by atoms with Gasteiger partial charge in [-0.25, -0.2) is 0 Å². The SMILES string of the molecule is C[C@@H]([C]=O)NC(=O)C(O)Cc1ccccc1. The van der Waals surface area contributed by atoms with Crippen molar-refractivity contribution in [3.8, 4) is 0 Å². The minimum absolute atomic E-state index is 0.234. The lowest BCUT2D eigenvalue weighted by Crippen LogP contribution is -2.41. The second-order valence-electron chi connectivity index (χ2n) is 3.55. The fourth-order valence-electron chi connectivity index (χ4n) is 1.27. The topological polar surface area (TPSA) is 66.4 Å². The molecule has 0 saturated carbocycles. The Morgan fingerprint density at radius 3 is 2.62 bits per heavy atom. The third-order valence-corrected chi connectivity index (χ3v) is 2.11. The quantitative estimate of drug-likeness (QED) is 0.745. The molecule has 1 rings (SSSR count). The number of rotatable bonds is 5. The molecule has 1 amide bonds. The van der Waals surface area contributed by atoms with Crippen molar-refractivity contribution in [1.29, 1.82) is 0 Å². The van der Waals surface area contributed by atoms with Crippen LogP contribution in [0.1, 0.15) is 12.5 Å². The Kier molecular flexibility index (Phi) is 4.66. The summed E-state index contributed by atoms with van der Waals surface area (Å²) in [7, 11) is 0. The Balaban J connectivity index is 2.49. The number of hydrogen-bond donors (Lipinski definition) is 2. The highest BCUT2D eigenvalue weighted by atomic mass is 16.3. The molecule has 1 aromatic carbocycles. The zero-order valence-electron chi connectivity index (χ0n) is 9.01. The van der Waals surface area contributed by atoms with Gasteiger partial charge in [-0.05, 0) is 12.5 Å². The molecular formula is C12H14NO3. The number of amides is 1. The summed E-state index contributed by atoms with van der Waals surface area (Å²) in [5.41, 5.74) is 0.868. The smallest absolute Gasteiger partial charge is 0.249 e. The van der Waals surface area contributed by atoms with E-state index >= 15 is 0 Å². The van der Waals surface area contributed by atoms with Crippen LogP contribution in [-0.2, 0) is 16.0 Å². The molecule has 0 fully saturated rings. The van der Waals surface area contributed by atoms with Gasteiger partial charge in [-0.1, -0.05) is 30.3 Å². The van der Waals surface area contributed by atoms with Crippen LogP contribution in [0, 0.1) is 0 Å². The molecule has 0 saturated heterocycles. The lowest BCUT2D eigenvalue weighted by molar-refractivity contribution is -0.129. The van der Waals surface area contributed by atoms with Crippen molar-refractivity contribution in [2.45, 2.75) is 25.5 Å². The molecule has 0 aliphatic carbocycles. The van der Waals surface area contributed by atoms with E-state index < -0.39 is 18.1 Å². The van der Waals surface area contributed by atoms with Crippen molar-refractivity contribution in [3.05, 3.63) is 35.9 Å². The highest BCUT2D eigenvalue weighted by molar-refractivity contribution is 5.83. The summed E-state index contributed by atoms with van der Waals surface area (Å²) in [5, 5.41) is 11.9. The Hall–Kier alpha value is -1.68. The molecule has 0 bridgehead atoms. The molecule has 1 radical (unpaired) electrons. The van der Waals surface area contributed by atoms with Gasteiger partial charge in [0.15, 0.2) is 0 Å². The van der Waals surface area contributed by atoms with Crippen LogP contribution in [0.2, 0.25) is 0 Å². The van der Waals surface area contributed by atoms with Crippen LogP contribution in [0.25, 0.3) is 0 Å². The van der Waals surface area contributed by atoms with E-state index in [9.17, 15) is 14.7 Å². The Labute approximate surface area is 94.3 Å². The molecule has 0 aromatic heterocycles. The highest BCUT2D eigenvalue weighted by Gasteiger charge is 2.17. The molecule has 2 N–H and O–H groups in total. The average molecular weight is 220 g/mol. The third kappa shape index (κ3) is 3.82. The van der Waals surface area contributed by atoms with Crippen LogP contribution in [-0.4, -0.2) is 29.4 Å². The van der Waals surface area contributed by atoms with Crippen molar-refractivity contribution in [2.24, 2.45) is 0 Å². The summed E-state index contributed by atoms with van der Waals surface area (Å²) in [6.45, 7) is 1.50. The summed E-state index contributed by atoms with van der Waals surface area (Å²) in [6.07, 6.45) is 0.715. The average Bonchev–Trinajstić information content (AvgIpc) is 2.30. The van der Waals surface area contributed by atoms with Gasteiger partial charge >= 0.3 is 0 Å². The predicted octanol–water partition coefficient (Wildman–Crippen LogP) is 0.204. The Bertz CT molecular complexity index is 351. The molecule has 85 valence electrons. The largest absolute Gasteiger partial charge is 0.383 e. The molecule has 4 heteroatoms. The Morgan fingerprint density at radius 1 is 1.44 bits per heavy atom. The van der Waals surface area contributed by atoms with Crippen LogP contribution >= 0.6 is 0 Å². The number of benzene rings is 1. The van der Waals surface area contributed by atoms with Gasteiger partial charge in [-0.15, -0.1) is 0 Å². The number of aliphatic hydroxyl groups excluding tert-OH is 1. The summed E-state index contributed by atoms with van der Waals surface area (Å²) in [5.74, 6) is -0.556. The normalized spacial score (nSPS) is 13.9. The lowest BCUT2D eigenvalue weighted by Gasteiger charge is -2.12. The van der Waals surface area contributed by atoms with Crippen LogP contribution in [0.4, 0.5) is 0 Å². The van der Waals surface area contributed by atoms with E-state index in [0.717, 1.165) is 5.56 Å². The number of carbonyl (C=O) groups excluding carboxylic acids is 2. The van der Waals surface area contributed by atoms with E-state index in [1.54, 1.807) is 6.29 Å². The summed E-state index contributed by atoms with van der Waals surface area (Å²) in [6, 6.07) is 8.48. The molecule has 0 aliphatic rings. The second-order valence-corrected chi connectivity index (χ2v) is 3.55. The first-order valence-corrected chi connectivity index (χ1v) is 5.03. The fourth-order valence-corrected chi connectivity index (χ4v) is 1.27. The van der Waals surface area contributed by atoms with Crippen LogP contribution in [0.5, 0.6) is 0 Å².